The minimum absolute atomic E-state index is 0.0126. The van der Waals surface area contributed by atoms with Crippen molar-refractivity contribution in [3.8, 4) is 0 Å². The molecule has 3 rings (SSSR count). The Balaban J connectivity index is 0.000000319. The van der Waals surface area contributed by atoms with E-state index in [4.69, 9.17) is 15.6 Å². The number of amides is 1. The summed E-state index contributed by atoms with van der Waals surface area (Å²) in [6.45, 7) is 7.64. The summed E-state index contributed by atoms with van der Waals surface area (Å²) in [4.78, 5) is 33.9. The van der Waals surface area contributed by atoms with Crippen LogP contribution in [0.5, 0.6) is 0 Å². The van der Waals surface area contributed by atoms with E-state index in [1.54, 1.807) is 54.6 Å². The highest BCUT2D eigenvalue weighted by Crippen LogP contribution is 2.21. The second-order valence-corrected chi connectivity index (χ2v) is 9.46. The first-order chi connectivity index (χ1) is 18.8. The molecule has 0 aromatic heterocycles. The molecule has 0 saturated carbocycles. The zero-order chi connectivity index (χ0) is 30.0. The lowest BCUT2D eigenvalue weighted by molar-refractivity contribution is -0.143. The molecule has 0 spiro atoms. The van der Waals surface area contributed by atoms with Crippen molar-refractivity contribution < 1.29 is 39.5 Å². The summed E-state index contributed by atoms with van der Waals surface area (Å²) in [5.41, 5.74) is 11.1. The number of hydrogen-bond donors (Lipinski definition) is 6. The lowest BCUT2D eigenvalue weighted by Crippen LogP contribution is -2.45. The van der Waals surface area contributed by atoms with E-state index in [1.807, 2.05) is 39.8 Å². The molecule has 40 heavy (non-hydrogen) atoms. The standard InChI is InChI=1S/C19H21NO5.C11H15NO3/c1-12-8-9-15(10-13(12)2)17(21)16(18(22)23)20-19(24)25-11-14-6-4-3-5-7-14;1-6-3-4-8(5-7(6)2)10(13)9(12)11(14)15/h3-10,16-17,21H,11H2,1-2H3,(H,20,24)(H,22,23);3-5,9-10,13H,12H2,1-2H3,(H,14,15)/t16-,17+;9-,10+/m00/s1. The van der Waals surface area contributed by atoms with Crippen LogP contribution in [0.3, 0.4) is 0 Å². The van der Waals surface area contributed by atoms with Gasteiger partial charge in [0.15, 0.2) is 6.04 Å². The van der Waals surface area contributed by atoms with Gasteiger partial charge in [-0.15, -0.1) is 0 Å². The number of alkyl carbamates (subject to hydrolysis) is 1. The van der Waals surface area contributed by atoms with Crippen LogP contribution in [0.2, 0.25) is 0 Å². The molecule has 10 nitrogen and oxygen atoms in total. The molecule has 0 radical (unpaired) electrons. The molecule has 0 aliphatic carbocycles. The van der Waals surface area contributed by atoms with Crippen LogP contribution in [0.15, 0.2) is 66.7 Å². The van der Waals surface area contributed by atoms with Crippen molar-refractivity contribution in [2.75, 3.05) is 0 Å². The van der Waals surface area contributed by atoms with E-state index in [9.17, 15) is 29.7 Å². The van der Waals surface area contributed by atoms with Crippen molar-refractivity contribution in [3.63, 3.8) is 0 Å². The van der Waals surface area contributed by atoms with Gasteiger partial charge in [-0.3, -0.25) is 4.79 Å². The highest BCUT2D eigenvalue weighted by molar-refractivity contribution is 5.80. The molecule has 0 aliphatic rings. The van der Waals surface area contributed by atoms with Gasteiger partial charge in [-0.2, -0.15) is 0 Å². The smallest absolute Gasteiger partial charge is 0.408 e. The van der Waals surface area contributed by atoms with Crippen LogP contribution in [-0.2, 0) is 20.9 Å². The topological polar surface area (TPSA) is 179 Å². The van der Waals surface area contributed by atoms with Crippen molar-refractivity contribution >= 4 is 18.0 Å². The number of aliphatic carboxylic acids is 2. The van der Waals surface area contributed by atoms with Crippen LogP contribution in [0.1, 0.15) is 51.2 Å². The number of carboxylic acid groups (broad SMARTS) is 2. The molecule has 1 amide bonds. The quantitative estimate of drug-likeness (QED) is 0.232. The summed E-state index contributed by atoms with van der Waals surface area (Å²) in [6, 6.07) is 16.6. The molecule has 4 atom stereocenters. The third-order valence-corrected chi connectivity index (χ3v) is 6.44. The number of nitrogens with two attached hydrogens (primary N) is 1. The number of ether oxygens (including phenoxy) is 1. The van der Waals surface area contributed by atoms with Crippen LogP contribution in [0, 0.1) is 27.7 Å². The van der Waals surface area contributed by atoms with Crippen molar-refractivity contribution in [1.29, 1.82) is 0 Å². The molecule has 0 saturated heterocycles. The van der Waals surface area contributed by atoms with E-state index < -0.39 is 42.3 Å². The van der Waals surface area contributed by atoms with Crippen LogP contribution in [-0.4, -0.2) is 50.5 Å². The molecule has 10 heteroatoms. The molecular formula is C30H36N2O8. The summed E-state index contributed by atoms with van der Waals surface area (Å²) < 4.78 is 5.01. The van der Waals surface area contributed by atoms with Crippen molar-refractivity contribution in [2.24, 2.45) is 5.73 Å². The minimum Gasteiger partial charge on any atom is -0.480 e. The minimum atomic E-state index is -1.51. The van der Waals surface area contributed by atoms with Crippen LogP contribution < -0.4 is 11.1 Å². The summed E-state index contributed by atoms with van der Waals surface area (Å²) >= 11 is 0. The monoisotopic (exact) mass is 552 g/mol. The Morgan fingerprint density at radius 2 is 1.25 bits per heavy atom. The average Bonchev–Trinajstić information content (AvgIpc) is 2.93. The van der Waals surface area contributed by atoms with Gasteiger partial charge in [-0.05, 0) is 66.6 Å². The fraction of sp³-hybridized carbons (Fsp3) is 0.300. The predicted molar refractivity (Wildman–Crippen MR) is 149 cm³/mol. The van der Waals surface area contributed by atoms with E-state index in [0.29, 0.717) is 11.1 Å². The molecule has 0 aliphatic heterocycles. The molecule has 3 aromatic rings. The highest BCUT2D eigenvalue weighted by Gasteiger charge is 2.30. The Hall–Kier alpha value is -4.25. The maximum atomic E-state index is 11.9. The number of rotatable bonds is 9. The van der Waals surface area contributed by atoms with Gasteiger partial charge in [0, 0.05) is 0 Å². The van der Waals surface area contributed by atoms with Gasteiger partial charge in [0.25, 0.3) is 0 Å². The van der Waals surface area contributed by atoms with Gasteiger partial charge < -0.3 is 36.2 Å². The Morgan fingerprint density at radius 3 is 1.70 bits per heavy atom. The number of aliphatic hydroxyl groups is 2. The number of aryl methyl sites for hydroxylation is 4. The number of carboxylic acids is 2. The summed E-state index contributed by atoms with van der Waals surface area (Å²) in [6.07, 6.45) is -3.46. The fourth-order valence-electron chi connectivity index (χ4n) is 3.60. The maximum Gasteiger partial charge on any atom is 0.408 e. The second-order valence-electron chi connectivity index (χ2n) is 9.46. The lowest BCUT2D eigenvalue weighted by Gasteiger charge is -2.21. The summed E-state index contributed by atoms with van der Waals surface area (Å²) in [5.74, 6) is -2.55. The molecular weight excluding hydrogens is 516 g/mol. The first-order valence-electron chi connectivity index (χ1n) is 12.5. The number of carbonyl (C=O) groups is 3. The van der Waals surface area contributed by atoms with Gasteiger partial charge in [-0.1, -0.05) is 66.7 Å². The number of benzene rings is 3. The predicted octanol–water partition coefficient (Wildman–Crippen LogP) is 3.47. The van der Waals surface area contributed by atoms with Crippen molar-refractivity contribution in [3.05, 3.63) is 106 Å². The zero-order valence-electron chi connectivity index (χ0n) is 22.9. The van der Waals surface area contributed by atoms with Gasteiger partial charge in [0.05, 0.1) is 0 Å². The van der Waals surface area contributed by atoms with Crippen molar-refractivity contribution in [2.45, 2.75) is 58.6 Å². The molecule has 0 unspecified atom stereocenters. The molecule has 0 fully saturated rings. The van der Waals surface area contributed by atoms with E-state index in [-0.39, 0.29) is 6.61 Å². The molecule has 214 valence electrons. The zero-order valence-corrected chi connectivity index (χ0v) is 22.9. The highest BCUT2D eigenvalue weighted by atomic mass is 16.5. The molecule has 7 N–H and O–H groups in total. The van der Waals surface area contributed by atoms with E-state index in [1.165, 1.54) is 0 Å². The Morgan fingerprint density at radius 1 is 0.750 bits per heavy atom. The second kappa shape index (κ2) is 14.8. The number of nitrogens with one attached hydrogen (secondary N) is 1. The van der Waals surface area contributed by atoms with E-state index >= 15 is 0 Å². The van der Waals surface area contributed by atoms with E-state index in [0.717, 1.165) is 27.8 Å². The Labute approximate surface area is 233 Å². The van der Waals surface area contributed by atoms with Crippen LogP contribution in [0.4, 0.5) is 4.79 Å². The number of hydrogen-bond acceptors (Lipinski definition) is 7. The van der Waals surface area contributed by atoms with Gasteiger partial charge in [-0.25, -0.2) is 9.59 Å². The van der Waals surface area contributed by atoms with E-state index in [2.05, 4.69) is 5.32 Å². The third-order valence-electron chi connectivity index (χ3n) is 6.44. The SMILES string of the molecule is Cc1ccc([C@@H](O)[C@H](N)C(=O)O)cc1C.Cc1ccc([C@@H](O)[C@H](NC(=O)OCc2ccccc2)C(=O)O)cc1C. The van der Waals surface area contributed by atoms with Gasteiger partial charge in [0.1, 0.15) is 24.9 Å². The summed E-state index contributed by atoms with van der Waals surface area (Å²) in [5, 5.41) is 40.2. The van der Waals surface area contributed by atoms with Gasteiger partial charge in [0.2, 0.25) is 0 Å². The molecule has 0 heterocycles. The maximum absolute atomic E-state index is 11.9. The Bertz CT molecular complexity index is 1310. The fourth-order valence-corrected chi connectivity index (χ4v) is 3.60. The Kier molecular flexibility index (Phi) is 11.8. The first kappa shape index (κ1) is 32.0. The van der Waals surface area contributed by atoms with Crippen LogP contribution in [0.25, 0.3) is 0 Å². The molecule has 0 bridgehead atoms. The van der Waals surface area contributed by atoms with Gasteiger partial charge >= 0.3 is 18.0 Å². The first-order valence-corrected chi connectivity index (χ1v) is 12.5. The molecule has 3 aromatic carbocycles. The number of aliphatic hydroxyl groups excluding tert-OH is 2. The normalized spacial score (nSPS) is 13.6. The largest absolute Gasteiger partial charge is 0.480 e. The van der Waals surface area contributed by atoms with Crippen molar-refractivity contribution in [1.82, 2.24) is 5.32 Å². The van der Waals surface area contributed by atoms with Crippen LogP contribution >= 0.6 is 0 Å². The third kappa shape index (κ3) is 9.19. The summed E-state index contributed by atoms with van der Waals surface area (Å²) in [7, 11) is 0. The lowest BCUT2D eigenvalue weighted by atomic mass is 9.98. The number of carbonyl (C=O) groups excluding carboxylic acids is 1. The average molecular weight is 553 g/mol.